The molecular weight excluding hydrogens is 427 g/mol. The molecule has 0 aromatic heterocycles. The number of carbonyl (C=O) groups is 1. The molecule has 0 radical (unpaired) electrons. The highest BCUT2D eigenvalue weighted by atomic mass is 32.1. The number of ether oxygens (including phenoxy) is 1. The first-order valence-corrected chi connectivity index (χ1v) is 10.1. The van der Waals surface area contributed by atoms with Crippen molar-refractivity contribution in [3.8, 4) is 0 Å². The van der Waals surface area contributed by atoms with Gasteiger partial charge in [0.15, 0.2) is 17.5 Å². The number of rotatable bonds is 6. The van der Waals surface area contributed by atoms with Crippen molar-refractivity contribution in [3.63, 3.8) is 0 Å². The second-order valence-electron chi connectivity index (χ2n) is 7.04. The van der Waals surface area contributed by atoms with Crippen molar-refractivity contribution in [3.05, 3.63) is 71.7 Å². The van der Waals surface area contributed by atoms with Crippen LogP contribution in [0.5, 0.6) is 0 Å². The van der Waals surface area contributed by atoms with E-state index in [0.717, 1.165) is 24.1 Å². The van der Waals surface area contributed by atoms with E-state index in [0.29, 0.717) is 23.6 Å². The topological polar surface area (TPSA) is 44.8 Å². The van der Waals surface area contributed by atoms with Crippen LogP contribution in [-0.2, 0) is 11.2 Å². The lowest BCUT2D eigenvalue weighted by Crippen LogP contribution is -2.50. The third kappa shape index (κ3) is 5.42. The molecule has 2 aromatic carbocycles. The summed E-state index contributed by atoms with van der Waals surface area (Å²) in [6, 6.07) is 8.79. The van der Waals surface area contributed by atoms with Crippen molar-refractivity contribution >= 4 is 34.6 Å². The molecule has 1 atom stereocenters. The fourth-order valence-electron chi connectivity index (χ4n) is 3.22. The van der Waals surface area contributed by atoms with Crippen molar-refractivity contribution < 1.29 is 22.7 Å². The molecule has 31 heavy (non-hydrogen) atoms. The van der Waals surface area contributed by atoms with Crippen molar-refractivity contribution in [1.82, 2.24) is 5.01 Å². The zero-order valence-corrected chi connectivity index (χ0v) is 17.9. The minimum atomic E-state index is -1.51. The fraction of sp³-hybridized carbons (Fsp3) is 0.273. The molecule has 3 rings (SSSR count). The van der Waals surface area contributed by atoms with Crippen LogP contribution in [0.25, 0.3) is 0 Å². The number of amides is 1. The molecule has 0 fully saturated rings. The predicted octanol–water partition coefficient (Wildman–Crippen LogP) is 5.22. The Morgan fingerprint density at radius 3 is 2.58 bits per heavy atom. The zero-order valence-electron chi connectivity index (χ0n) is 17.1. The van der Waals surface area contributed by atoms with Crippen LogP contribution in [-0.4, -0.2) is 35.7 Å². The van der Waals surface area contributed by atoms with Gasteiger partial charge in [0, 0.05) is 35.9 Å². The molecule has 0 saturated heterocycles. The Morgan fingerprint density at radius 1 is 1.19 bits per heavy atom. The average Bonchev–Trinajstić information content (AvgIpc) is 2.73. The van der Waals surface area contributed by atoms with Crippen molar-refractivity contribution in [2.24, 2.45) is 0 Å². The maximum atomic E-state index is 13.7. The van der Waals surface area contributed by atoms with Crippen LogP contribution in [0.1, 0.15) is 18.9 Å². The third-order valence-corrected chi connectivity index (χ3v) is 5.18. The van der Waals surface area contributed by atoms with E-state index < -0.39 is 23.5 Å². The Morgan fingerprint density at radius 2 is 1.90 bits per heavy atom. The van der Waals surface area contributed by atoms with E-state index in [2.05, 4.69) is 5.32 Å². The standard InChI is InChI=1S/C22H22F3N3O2S/c1-3-9-30-22(29)26-15-6-4-5-14(10-15)11-19-20(31)7-8-28(27(19)2)16-12-17(23)21(25)18(24)13-16/h4-8,10,12-13,19H,3,9,11H2,1-2H3,(H,26,29). The average molecular weight is 449 g/mol. The lowest BCUT2D eigenvalue weighted by Gasteiger charge is -2.40. The van der Waals surface area contributed by atoms with Crippen LogP contribution in [0, 0.1) is 17.5 Å². The summed E-state index contributed by atoms with van der Waals surface area (Å²) in [6.45, 7) is 2.24. The predicted molar refractivity (Wildman–Crippen MR) is 117 cm³/mol. The Bertz CT molecular complexity index is 992. The van der Waals surface area contributed by atoms with Gasteiger partial charge in [0.05, 0.1) is 18.3 Å². The molecule has 164 valence electrons. The van der Waals surface area contributed by atoms with Crippen LogP contribution in [0.2, 0.25) is 0 Å². The molecule has 5 nitrogen and oxygen atoms in total. The number of thiocarbonyl (C=S) groups is 1. The van der Waals surface area contributed by atoms with Crippen LogP contribution >= 0.6 is 12.2 Å². The van der Waals surface area contributed by atoms with Crippen LogP contribution in [0.3, 0.4) is 0 Å². The van der Waals surface area contributed by atoms with Crippen LogP contribution < -0.4 is 10.3 Å². The summed E-state index contributed by atoms with van der Waals surface area (Å²) >= 11 is 5.48. The van der Waals surface area contributed by atoms with E-state index in [9.17, 15) is 18.0 Å². The first-order valence-electron chi connectivity index (χ1n) is 9.71. The number of nitrogens with zero attached hydrogens (tertiary/aromatic N) is 2. The Hall–Kier alpha value is -2.91. The van der Waals surface area contributed by atoms with Gasteiger partial charge in [0.1, 0.15) is 0 Å². The SMILES string of the molecule is CCCOC(=O)Nc1cccc(CC2C(=S)C=CN(c3cc(F)c(F)c(F)c3)N2C)c1. The molecule has 1 aliphatic rings. The van der Waals surface area contributed by atoms with Gasteiger partial charge in [0.25, 0.3) is 0 Å². The highest BCUT2D eigenvalue weighted by Gasteiger charge is 2.28. The highest BCUT2D eigenvalue weighted by Crippen LogP contribution is 2.27. The van der Waals surface area contributed by atoms with E-state index in [1.165, 1.54) is 5.01 Å². The monoisotopic (exact) mass is 449 g/mol. The molecule has 0 saturated carbocycles. The summed E-state index contributed by atoms with van der Waals surface area (Å²) in [4.78, 5) is 12.4. The number of hydrazine groups is 1. The zero-order chi connectivity index (χ0) is 22.5. The molecule has 1 aliphatic heterocycles. The first-order chi connectivity index (χ1) is 14.8. The van der Waals surface area contributed by atoms with Crippen molar-refractivity contribution in [1.29, 1.82) is 0 Å². The lowest BCUT2D eigenvalue weighted by atomic mass is 10.0. The Labute approximate surface area is 184 Å². The molecule has 1 amide bonds. The molecule has 1 unspecified atom stereocenters. The lowest BCUT2D eigenvalue weighted by molar-refractivity contribution is 0.161. The maximum Gasteiger partial charge on any atom is 0.411 e. The summed E-state index contributed by atoms with van der Waals surface area (Å²) in [7, 11) is 1.73. The summed E-state index contributed by atoms with van der Waals surface area (Å²) in [5.74, 6) is -4.05. The van der Waals surface area contributed by atoms with Crippen LogP contribution in [0.4, 0.5) is 29.3 Å². The smallest absolute Gasteiger partial charge is 0.411 e. The number of halogens is 3. The number of hydrogen-bond donors (Lipinski definition) is 1. The largest absolute Gasteiger partial charge is 0.449 e. The van der Waals surface area contributed by atoms with Gasteiger partial charge >= 0.3 is 6.09 Å². The quantitative estimate of drug-likeness (QED) is 0.484. The number of nitrogens with one attached hydrogen (secondary N) is 1. The van der Waals surface area contributed by atoms with Gasteiger partial charge in [-0.1, -0.05) is 31.3 Å². The maximum absolute atomic E-state index is 13.7. The fourth-order valence-corrected chi connectivity index (χ4v) is 3.51. The van der Waals surface area contributed by atoms with Crippen molar-refractivity contribution in [2.75, 3.05) is 24.0 Å². The third-order valence-electron chi connectivity index (χ3n) is 4.77. The van der Waals surface area contributed by atoms with Gasteiger partial charge in [-0.05, 0) is 36.6 Å². The molecular formula is C22H22F3N3O2S. The number of benzene rings is 2. The molecule has 2 aromatic rings. The van der Waals surface area contributed by atoms with Gasteiger partial charge in [-0.3, -0.25) is 10.3 Å². The normalized spacial score (nSPS) is 16.5. The van der Waals surface area contributed by atoms with E-state index in [-0.39, 0.29) is 11.7 Å². The molecule has 1 heterocycles. The molecule has 1 N–H and O–H groups in total. The van der Waals surface area contributed by atoms with E-state index in [1.54, 1.807) is 36.5 Å². The van der Waals surface area contributed by atoms with Gasteiger partial charge < -0.3 is 4.74 Å². The minimum Gasteiger partial charge on any atom is -0.449 e. The molecule has 0 aliphatic carbocycles. The first kappa shape index (κ1) is 22.8. The number of carbonyl (C=O) groups excluding carboxylic acids is 1. The minimum absolute atomic E-state index is 0.136. The second kappa shape index (κ2) is 9.93. The second-order valence-corrected chi connectivity index (χ2v) is 7.51. The molecule has 9 heteroatoms. The number of hydrogen-bond acceptors (Lipinski definition) is 5. The van der Waals surface area contributed by atoms with E-state index >= 15 is 0 Å². The Kier molecular flexibility index (Phi) is 7.29. The van der Waals surface area contributed by atoms with E-state index in [4.69, 9.17) is 17.0 Å². The summed E-state index contributed by atoms with van der Waals surface area (Å²) in [5, 5.41) is 5.91. The highest BCUT2D eigenvalue weighted by molar-refractivity contribution is 7.80. The van der Waals surface area contributed by atoms with E-state index in [1.807, 2.05) is 19.1 Å². The van der Waals surface area contributed by atoms with Gasteiger partial charge in [-0.15, -0.1) is 0 Å². The summed E-state index contributed by atoms with van der Waals surface area (Å²) < 4.78 is 45.8. The van der Waals surface area contributed by atoms with Gasteiger partial charge in [-0.2, -0.15) is 0 Å². The number of likely N-dealkylation sites (N-methyl/N-ethyl adjacent to an activating group) is 1. The summed E-state index contributed by atoms with van der Waals surface area (Å²) in [5.41, 5.74) is 1.61. The van der Waals surface area contributed by atoms with Gasteiger partial charge in [-0.25, -0.2) is 23.0 Å². The van der Waals surface area contributed by atoms with Gasteiger partial charge in [0.2, 0.25) is 0 Å². The number of anilines is 2. The molecule has 0 spiro atoms. The Balaban J connectivity index is 1.77. The molecule has 0 bridgehead atoms. The summed E-state index contributed by atoms with van der Waals surface area (Å²) in [6.07, 6.45) is 3.92. The van der Waals surface area contributed by atoms with Crippen molar-refractivity contribution in [2.45, 2.75) is 25.8 Å². The van der Waals surface area contributed by atoms with Crippen LogP contribution in [0.15, 0.2) is 48.7 Å².